The van der Waals surface area contributed by atoms with Crippen LogP contribution in [0, 0.1) is 0 Å². The van der Waals surface area contributed by atoms with Gasteiger partial charge in [0.25, 0.3) is 5.91 Å². The number of carbonyl (C=O) groups is 1. The first-order valence-corrected chi connectivity index (χ1v) is 7.53. The van der Waals surface area contributed by atoms with Gasteiger partial charge in [0.1, 0.15) is 16.9 Å². The molecule has 22 heavy (non-hydrogen) atoms. The second kappa shape index (κ2) is 5.83. The zero-order valence-corrected chi connectivity index (χ0v) is 12.8. The normalized spacial score (nSPS) is 18.5. The molecule has 1 aliphatic heterocycles. The van der Waals surface area contributed by atoms with Crippen molar-refractivity contribution in [2.24, 2.45) is 0 Å². The smallest absolute Gasteiger partial charge is 0.349 e. The van der Waals surface area contributed by atoms with Gasteiger partial charge in [-0.15, -0.1) is 0 Å². The molecule has 1 aromatic heterocycles. The van der Waals surface area contributed by atoms with Gasteiger partial charge in [0.15, 0.2) is 0 Å². The number of likely N-dealkylation sites (tertiary alicyclic amines) is 1. The summed E-state index contributed by atoms with van der Waals surface area (Å²) in [5.41, 5.74) is -0.0380. The van der Waals surface area contributed by atoms with Gasteiger partial charge in [0.05, 0.1) is 7.11 Å². The molecule has 0 saturated carbocycles. The molecule has 1 aliphatic rings. The molecule has 2 heterocycles. The number of ether oxygens (including phenoxy) is 1. The van der Waals surface area contributed by atoms with Crippen LogP contribution in [0.3, 0.4) is 0 Å². The van der Waals surface area contributed by atoms with E-state index < -0.39 is 5.63 Å². The van der Waals surface area contributed by atoms with Crippen LogP contribution in [-0.2, 0) is 0 Å². The number of hydrogen-bond donors (Lipinski definition) is 0. The van der Waals surface area contributed by atoms with Crippen LogP contribution in [-0.4, -0.2) is 30.5 Å². The minimum atomic E-state index is -0.583. The maximum atomic E-state index is 12.7. The molecular weight excluding hydrogens is 282 g/mol. The van der Waals surface area contributed by atoms with Gasteiger partial charge in [-0.1, -0.05) is 0 Å². The molecule has 3 rings (SSSR count). The number of carbonyl (C=O) groups excluding carboxylic acids is 1. The van der Waals surface area contributed by atoms with E-state index in [4.69, 9.17) is 9.15 Å². The summed E-state index contributed by atoms with van der Waals surface area (Å²) in [5.74, 6) is 0.414. The lowest BCUT2D eigenvalue weighted by Crippen LogP contribution is -2.43. The van der Waals surface area contributed by atoms with Crippen molar-refractivity contribution in [3.8, 4) is 5.75 Å². The van der Waals surface area contributed by atoms with E-state index in [1.54, 1.807) is 36.3 Å². The minimum absolute atomic E-state index is 0.0921. The molecule has 2 aromatic rings. The number of nitrogens with zero attached hydrogens (tertiary/aromatic N) is 1. The van der Waals surface area contributed by atoms with Crippen molar-refractivity contribution in [1.29, 1.82) is 0 Å². The molecule has 0 bridgehead atoms. The summed E-state index contributed by atoms with van der Waals surface area (Å²) < 4.78 is 10.5. The van der Waals surface area contributed by atoms with Crippen LogP contribution in [0.5, 0.6) is 5.75 Å². The molecule has 0 N–H and O–H groups in total. The Morgan fingerprint density at radius 1 is 1.32 bits per heavy atom. The van der Waals surface area contributed by atoms with Crippen LogP contribution in [0.1, 0.15) is 36.5 Å². The maximum absolute atomic E-state index is 12.7. The van der Waals surface area contributed by atoms with Crippen LogP contribution in [0.2, 0.25) is 0 Å². The lowest BCUT2D eigenvalue weighted by atomic mass is 10.0. The minimum Gasteiger partial charge on any atom is -0.497 e. The standard InChI is InChI=1S/C17H19NO4/c1-11-5-3-4-8-18(11)16(19)14-10-12-9-13(21-2)6-7-15(12)22-17(14)20/h6-7,9-11H,3-5,8H2,1-2H3/t11-/m1/s1. The van der Waals surface area contributed by atoms with Crippen molar-refractivity contribution in [2.75, 3.05) is 13.7 Å². The second-order valence-corrected chi connectivity index (χ2v) is 5.69. The fourth-order valence-corrected chi connectivity index (χ4v) is 2.93. The quantitative estimate of drug-likeness (QED) is 0.800. The SMILES string of the molecule is COc1ccc2oc(=O)c(C(=O)N3CCCC[C@H]3C)cc2c1. The molecule has 5 heteroatoms. The highest BCUT2D eigenvalue weighted by Gasteiger charge is 2.26. The molecule has 1 fully saturated rings. The third kappa shape index (κ3) is 2.58. The van der Waals surface area contributed by atoms with E-state index in [0.717, 1.165) is 19.3 Å². The van der Waals surface area contributed by atoms with E-state index >= 15 is 0 Å². The van der Waals surface area contributed by atoms with Crippen molar-refractivity contribution >= 4 is 16.9 Å². The van der Waals surface area contributed by atoms with Crippen LogP contribution in [0.15, 0.2) is 33.5 Å². The highest BCUT2D eigenvalue weighted by atomic mass is 16.5. The van der Waals surface area contributed by atoms with E-state index in [1.807, 2.05) is 6.92 Å². The van der Waals surface area contributed by atoms with E-state index in [1.165, 1.54) is 0 Å². The first-order chi connectivity index (χ1) is 10.6. The zero-order chi connectivity index (χ0) is 15.7. The Kier molecular flexibility index (Phi) is 3.88. The monoisotopic (exact) mass is 301 g/mol. The lowest BCUT2D eigenvalue weighted by molar-refractivity contribution is 0.0631. The van der Waals surface area contributed by atoms with Gasteiger partial charge in [-0.2, -0.15) is 0 Å². The molecule has 1 saturated heterocycles. The van der Waals surface area contributed by atoms with Gasteiger partial charge < -0.3 is 14.1 Å². The number of benzene rings is 1. The summed E-state index contributed by atoms with van der Waals surface area (Å²) in [4.78, 5) is 26.6. The molecular formula is C17H19NO4. The van der Waals surface area contributed by atoms with Gasteiger partial charge >= 0.3 is 5.63 Å². The van der Waals surface area contributed by atoms with Crippen molar-refractivity contribution in [3.63, 3.8) is 0 Å². The molecule has 1 aromatic carbocycles. The molecule has 0 unspecified atom stereocenters. The molecule has 0 aliphatic carbocycles. The fraction of sp³-hybridized carbons (Fsp3) is 0.412. The Morgan fingerprint density at radius 3 is 2.86 bits per heavy atom. The predicted octanol–water partition coefficient (Wildman–Crippen LogP) is 2.82. The fourth-order valence-electron chi connectivity index (χ4n) is 2.93. The number of piperidine rings is 1. The van der Waals surface area contributed by atoms with Gasteiger partial charge in [-0.3, -0.25) is 4.79 Å². The Labute approximate surface area is 128 Å². The van der Waals surface area contributed by atoms with Crippen molar-refractivity contribution in [2.45, 2.75) is 32.2 Å². The van der Waals surface area contributed by atoms with Gasteiger partial charge in [0, 0.05) is 18.0 Å². The number of fused-ring (bicyclic) bond motifs is 1. The zero-order valence-electron chi connectivity index (χ0n) is 12.8. The maximum Gasteiger partial charge on any atom is 0.349 e. The van der Waals surface area contributed by atoms with Gasteiger partial charge in [-0.25, -0.2) is 4.79 Å². The highest BCUT2D eigenvalue weighted by Crippen LogP contribution is 2.22. The number of hydrogen-bond acceptors (Lipinski definition) is 4. The van der Waals surface area contributed by atoms with Gasteiger partial charge in [-0.05, 0) is 50.5 Å². The molecule has 116 valence electrons. The third-order valence-corrected chi connectivity index (χ3v) is 4.23. The Balaban J connectivity index is 2.03. The summed E-state index contributed by atoms with van der Waals surface area (Å²) in [5, 5.41) is 0.687. The largest absolute Gasteiger partial charge is 0.497 e. The van der Waals surface area contributed by atoms with E-state index in [0.29, 0.717) is 23.3 Å². The predicted molar refractivity (Wildman–Crippen MR) is 83.4 cm³/mol. The summed E-state index contributed by atoms with van der Waals surface area (Å²) in [6.07, 6.45) is 3.07. The Morgan fingerprint density at radius 2 is 2.14 bits per heavy atom. The number of rotatable bonds is 2. The average molecular weight is 301 g/mol. The Bertz CT molecular complexity index is 765. The third-order valence-electron chi connectivity index (χ3n) is 4.23. The van der Waals surface area contributed by atoms with Crippen molar-refractivity contribution in [1.82, 2.24) is 4.90 Å². The van der Waals surface area contributed by atoms with E-state index in [9.17, 15) is 9.59 Å². The van der Waals surface area contributed by atoms with Crippen LogP contribution in [0.4, 0.5) is 0 Å². The molecule has 1 atom stereocenters. The average Bonchev–Trinajstić information content (AvgIpc) is 2.53. The van der Waals surface area contributed by atoms with Crippen LogP contribution in [0.25, 0.3) is 11.0 Å². The van der Waals surface area contributed by atoms with E-state index in [-0.39, 0.29) is 17.5 Å². The first-order valence-electron chi connectivity index (χ1n) is 7.53. The topological polar surface area (TPSA) is 59.8 Å². The second-order valence-electron chi connectivity index (χ2n) is 5.69. The number of methoxy groups -OCH3 is 1. The van der Waals surface area contributed by atoms with Crippen molar-refractivity contribution < 1.29 is 13.9 Å². The summed E-state index contributed by atoms with van der Waals surface area (Å²) in [7, 11) is 1.57. The van der Waals surface area contributed by atoms with Crippen LogP contribution >= 0.6 is 0 Å². The Hall–Kier alpha value is -2.30. The van der Waals surface area contributed by atoms with Crippen molar-refractivity contribution in [3.05, 3.63) is 40.2 Å². The molecule has 5 nitrogen and oxygen atoms in total. The first kappa shape index (κ1) is 14.6. The summed E-state index contributed by atoms with van der Waals surface area (Å²) >= 11 is 0. The van der Waals surface area contributed by atoms with Crippen LogP contribution < -0.4 is 10.4 Å². The summed E-state index contributed by atoms with van der Waals surface area (Å²) in [6, 6.07) is 6.91. The highest BCUT2D eigenvalue weighted by molar-refractivity contribution is 5.97. The lowest BCUT2D eigenvalue weighted by Gasteiger charge is -2.33. The molecule has 0 radical (unpaired) electrons. The molecule has 1 amide bonds. The number of amides is 1. The summed E-state index contributed by atoms with van der Waals surface area (Å²) in [6.45, 7) is 2.71. The van der Waals surface area contributed by atoms with E-state index in [2.05, 4.69) is 0 Å². The van der Waals surface area contributed by atoms with Gasteiger partial charge in [0.2, 0.25) is 0 Å². The molecule has 0 spiro atoms.